The monoisotopic (exact) mass is 833 g/mol. The van der Waals surface area contributed by atoms with Crippen molar-refractivity contribution in [3.8, 4) is 67.4 Å². The molecule has 0 spiro atoms. The van der Waals surface area contributed by atoms with Gasteiger partial charge in [0.1, 0.15) is 11.2 Å². The molecular weight excluding hydrogens is 799 g/mol. The van der Waals surface area contributed by atoms with Crippen LogP contribution in [0.3, 0.4) is 0 Å². The fraction of sp³-hybridized carbons (Fsp3) is 0. The minimum atomic E-state index is 0.684. The van der Waals surface area contributed by atoms with Gasteiger partial charge in [-0.25, -0.2) is 15.0 Å². The summed E-state index contributed by atoms with van der Waals surface area (Å²) in [6, 6.07) is 74.8. The number of aromatic nitrogens is 3. The van der Waals surface area contributed by atoms with Crippen LogP contribution in [0.4, 0.5) is 0 Å². The SMILES string of the molecule is c1ccc(-c2ccc(-c3cc(-c4ccc(-c5cc6c(-c7ccc8sc9ccccc9c8c7)nc7ccccc7c6c6c5oc5ccccc56)cc4)nc(-c4ccccc4)n3)cc2)cc1. The second kappa shape index (κ2) is 14.7. The number of furan rings is 1. The first-order valence-electron chi connectivity index (χ1n) is 21.5. The van der Waals surface area contributed by atoms with Crippen molar-refractivity contribution in [3.63, 3.8) is 0 Å². The van der Waals surface area contributed by atoms with E-state index < -0.39 is 0 Å². The van der Waals surface area contributed by atoms with E-state index in [1.165, 1.54) is 25.7 Å². The molecule has 0 saturated carbocycles. The van der Waals surface area contributed by atoms with Crippen LogP contribution >= 0.6 is 11.3 Å². The molecule has 0 aliphatic carbocycles. The van der Waals surface area contributed by atoms with Crippen LogP contribution in [0.1, 0.15) is 0 Å². The third-order valence-corrected chi connectivity index (χ3v) is 13.6. The molecule has 5 heteroatoms. The molecule has 0 unspecified atom stereocenters. The molecule has 0 bridgehead atoms. The van der Waals surface area contributed by atoms with Gasteiger partial charge in [0.25, 0.3) is 0 Å². The summed E-state index contributed by atoms with van der Waals surface area (Å²) >= 11 is 1.83. The molecular formula is C59H35N3OS. The zero-order valence-corrected chi connectivity index (χ0v) is 35.2. The number of thiophene rings is 1. The molecule has 0 amide bonds. The molecule has 0 aliphatic heterocycles. The maximum atomic E-state index is 6.88. The summed E-state index contributed by atoms with van der Waals surface area (Å²) in [6.45, 7) is 0. The molecule has 0 atom stereocenters. The highest BCUT2D eigenvalue weighted by molar-refractivity contribution is 7.25. The molecule has 0 aliphatic rings. The van der Waals surface area contributed by atoms with Crippen molar-refractivity contribution < 1.29 is 4.42 Å². The molecule has 0 N–H and O–H groups in total. The van der Waals surface area contributed by atoms with Crippen molar-refractivity contribution in [1.29, 1.82) is 0 Å². The number of fused-ring (bicyclic) bond motifs is 10. The van der Waals surface area contributed by atoms with Crippen LogP contribution in [0.2, 0.25) is 0 Å². The first-order chi connectivity index (χ1) is 31.7. The number of para-hydroxylation sites is 2. The predicted octanol–water partition coefficient (Wildman–Crippen LogP) is 16.4. The Hall–Kier alpha value is -8.25. The lowest BCUT2D eigenvalue weighted by Crippen LogP contribution is -1.96. The summed E-state index contributed by atoms with van der Waals surface area (Å²) in [5, 5.41) is 8.04. The summed E-state index contributed by atoms with van der Waals surface area (Å²) in [5.74, 6) is 0.684. The third-order valence-electron chi connectivity index (χ3n) is 12.5. The van der Waals surface area contributed by atoms with E-state index in [1.807, 2.05) is 41.7 Å². The third kappa shape index (κ3) is 6.01. The minimum absolute atomic E-state index is 0.684. The van der Waals surface area contributed by atoms with Gasteiger partial charge in [0.15, 0.2) is 5.82 Å². The Balaban J connectivity index is 0.993. The lowest BCUT2D eigenvalue weighted by Gasteiger charge is -2.14. The zero-order chi connectivity index (χ0) is 42.1. The molecule has 298 valence electrons. The van der Waals surface area contributed by atoms with E-state index in [-0.39, 0.29) is 0 Å². The molecule has 0 radical (unpaired) electrons. The molecule has 4 heterocycles. The lowest BCUT2D eigenvalue weighted by atomic mass is 9.91. The number of hydrogen-bond acceptors (Lipinski definition) is 5. The number of benzene rings is 9. The highest BCUT2D eigenvalue weighted by Crippen LogP contribution is 2.46. The fourth-order valence-electron chi connectivity index (χ4n) is 9.38. The van der Waals surface area contributed by atoms with Gasteiger partial charge in [-0.3, -0.25) is 0 Å². The molecule has 13 rings (SSSR count). The van der Waals surface area contributed by atoms with E-state index in [9.17, 15) is 0 Å². The molecule has 0 saturated heterocycles. The summed E-state index contributed by atoms with van der Waals surface area (Å²) in [4.78, 5) is 15.7. The predicted molar refractivity (Wildman–Crippen MR) is 268 cm³/mol. The van der Waals surface area contributed by atoms with Crippen LogP contribution < -0.4 is 0 Å². The normalized spacial score (nSPS) is 11.8. The summed E-state index contributed by atoms with van der Waals surface area (Å²) in [6.07, 6.45) is 0. The van der Waals surface area contributed by atoms with E-state index in [2.05, 4.69) is 182 Å². The van der Waals surface area contributed by atoms with Crippen LogP contribution in [-0.2, 0) is 0 Å². The van der Waals surface area contributed by atoms with Crippen LogP contribution in [0.15, 0.2) is 217 Å². The Morgan fingerprint density at radius 1 is 0.344 bits per heavy atom. The highest BCUT2D eigenvalue weighted by Gasteiger charge is 2.22. The van der Waals surface area contributed by atoms with Crippen LogP contribution in [0.25, 0.3) is 131 Å². The topological polar surface area (TPSA) is 51.8 Å². The van der Waals surface area contributed by atoms with Crippen LogP contribution in [0.5, 0.6) is 0 Å². The van der Waals surface area contributed by atoms with Gasteiger partial charge in [-0.2, -0.15) is 0 Å². The first kappa shape index (κ1) is 36.4. The Bertz CT molecular complexity index is 3930. The minimum Gasteiger partial charge on any atom is -0.455 e. The van der Waals surface area contributed by atoms with Crippen molar-refractivity contribution in [2.45, 2.75) is 0 Å². The van der Waals surface area contributed by atoms with E-state index in [1.54, 1.807) is 0 Å². The second-order valence-electron chi connectivity index (χ2n) is 16.3. The van der Waals surface area contributed by atoms with Crippen molar-refractivity contribution in [2.24, 2.45) is 0 Å². The first-order valence-corrected chi connectivity index (χ1v) is 22.3. The average molecular weight is 834 g/mol. The highest BCUT2D eigenvalue weighted by atomic mass is 32.1. The largest absolute Gasteiger partial charge is 0.455 e. The van der Waals surface area contributed by atoms with Gasteiger partial charge in [-0.05, 0) is 59.2 Å². The van der Waals surface area contributed by atoms with Crippen molar-refractivity contribution in [1.82, 2.24) is 15.0 Å². The standard InChI is InChI=1S/C59H35N3OS/c1-3-13-36(14-4-1)37-23-27-39(28-24-37)50-35-51(62-59(61-50)41-15-5-2-6-16-41)40-29-25-38(26-30-40)46-34-48-55(56-45-19-8-11-21-52(45)63-58(46)56)44-18-7-10-20-49(44)60-57(48)42-31-32-54-47(33-42)43-17-9-12-22-53(43)64-54/h1-35H. The summed E-state index contributed by atoms with van der Waals surface area (Å²) in [7, 11) is 0. The maximum Gasteiger partial charge on any atom is 0.160 e. The van der Waals surface area contributed by atoms with Crippen LogP contribution in [0, 0.1) is 0 Å². The van der Waals surface area contributed by atoms with E-state index in [0.717, 1.165) is 99.6 Å². The van der Waals surface area contributed by atoms with Crippen molar-refractivity contribution in [2.75, 3.05) is 0 Å². The summed E-state index contributed by atoms with van der Waals surface area (Å²) in [5.41, 5.74) is 13.8. The quantitative estimate of drug-likeness (QED) is 0.157. The van der Waals surface area contributed by atoms with Gasteiger partial charge >= 0.3 is 0 Å². The number of rotatable bonds is 6. The van der Waals surface area contributed by atoms with Crippen molar-refractivity contribution in [3.05, 3.63) is 212 Å². The van der Waals surface area contributed by atoms with Gasteiger partial charge in [0.05, 0.1) is 22.6 Å². The number of nitrogens with zero attached hydrogens (tertiary/aromatic N) is 3. The molecule has 4 nitrogen and oxygen atoms in total. The Morgan fingerprint density at radius 3 is 1.66 bits per heavy atom. The Morgan fingerprint density at radius 2 is 0.906 bits per heavy atom. The van der Waals surface area contributed by atoms with Crippen LogP contribution in [-0.4, -0.2) is 15.0 Å². The Kier molecular flexibility index (Phi) is 8.36. The average Bonchev–Trinajstić information content (AvgIpc) is 3.95. The maximum absolute atomic E-state index is 6.88. The molecule has 0 fully saturated rings. The fourth-order valence-corrected chi connectivity index (χ4v) is 10.5. The van der Waals surface area contributed by atoms with Gasteiger partial charge in [0, 0.05) is 74.9 Å². The molecule has 13 aromatic rings. The lowest BCUT2D eigenvalue weighted by molar-refractivity contribution is 0.670. The molecule has 64 heavy (non-hydrogen) atoms. The smallest absolute Gasteiger partial charge is 0.160 e. The second-order valence-corrected chi connectivity index (χ2v) is 17.4. The molecule has 4 aromatic heterocycles. The van der Waals surface area contributed by atoms with E-state index in [4.69, 9.17) is 19.4 Å². The zero-order valence-electron chi connectivity index (χ0n) is 34.4. The number of pyridine rings is 1. The Labute approximate surface area is 372 Å². The van der Waals surface area contributed by atoms with E-state index in [0.29, 0.717) is 5.82 Å². The van der Waals surface area contributed by atoms with Gasteiger partial charge in [0.2, 0.25) is 0 Å². The molecule has 9 aromatic carbocycles. The van der Waals surface area contributed by atoms with Gasteiger partial charge in [-0.1, -0.05) is 170 Å². The summed E-state index contributed by atoms with van der Waals surface area (Å²) < 4.78 is 9.43. The van der Waals surface area contributed by atoms with Gasteiger partial charge in [-0.15, -0.1) is 11.3 Å². The number of hydrogen-bond donors (Lipinski definition) is 0. The van der Waals surface area contributed by atoms with Crippen molar-refractivity contribution >= 4 is 75.1 Å². The van der Waals surface area contributed by atoms with Gasteiger partial charge < -0.3 is 4.42 Å². The van der Waals surface area contributed by atoms with E-state index >= 15 is 0 Å².